The van der Waals surface area contributed by atoms with Gasteiger partial charge in [-0.2, -0.15) is 0 Å². The second-order valence-corrected chi connectivity index (χ2v) is 15.2. The first kappa shape index (κ1) is 34.5. The second-order valence-electron chi connectivity index (χ2n) is 14.1. The molecule has 2 heterocycles. The first-order valence-corrected chi connectivity index (χ1v) is 20.1. The van der Waals surface area contributed by atoms with Crippen molar-refractivity contribution in [2.75, 3.05) is 0 Å². The Hall–Kier alpha value is -3.36. The van der Waals surface area contributed by atoms with Gasteiger partial charge in [-0.3, -0.25) is 0 Å². The maximum atomic E-state index is 6.55. The van der Waals surface area contributed by atoms with Gasteiger partial charge in [0.2, 0.25) is 0 Å². The molecule has 0 aliphatic carbocycles. The van der Waals surface area contributed by atoms with Crippen LogP contribution in [0.4, 0.5) is 0 Å². The van der Waals surface area contributed by atoms with Crippen molar-refractivity contribution in [1.29, 1.82) is 0 Å². The van der Waals surface area contributed by atoms with Crippen molar-refractivity contribution in [3.8, 4) is 22.3 Å². The molecule has 48 heavy (non-hydrogen) atoms. The number of benzene rings is 4. The Labute approximate surface area is 293 Å². The fraction of sp³-hybridized carbons (Fsp3) is 0.435. The van der Waals surface area contributed by atoms with E-state index in [0.29, 0.717) is 0 Å². The van der Waals surface area contributed by atoms with Crippen LogP contribution in [-0.2, 0) is 12.8 Å². The molecule has 0 amide bonds. The number of fused-ring (bicyclic) bond motifs is 5. The minimum absolute atomic E-state index is 0.981. The van der Waals surface area contributed by atoms with E-state index in [-0.39, 0.29) is 0 Å². The number of hydrogen-bond acceptors (Lipinski definition) is 2. The summed E-state index contributed by atoms with van der Waals surface area (Å²) in [6.45, 7) is 4.58. The third kappa shape index (κ3) is 9.00. The molecule has 0 N–H and O–H groups in total. The second kappa shape index (κ2) is 17.9. The number of aryl methyl sites for hydroxylation is 2. The zero-order valence-electron chi connectivity index (χ0n) is 29.6. The lowest BCUT2D eigenvalue weighted by Crippen LogP contribution is -1.87. The molecule has 0 bridgehead atoms. The van der Waals surface area contributed by atoms with E-state index < -0.39 is 0 Å². The summed E-state index contributed by atoms with van der Waals surface area (Å²) in [6, 6.07) is 32.1. The lowest BCUT2D eigenvalue weighted by Gasteiger charge is -2.06. The van der Waals surface area contributed by atoms with Crippen molar-refractivity contribution in [1.82, 2.24) is 0 Å². The van der Waals surface area contributed by atoms with Crippen LogP contribution < -0.4 is 0 Å². The van der Waals surface area contributed by atoms with Crippen LogP contribution in [0.3, 0.4) is 0 Å². The van der Waals surface area contributed by atoms with Crippen LogP contribution in [0.5, 0.6) is 0 Å². The van der Waals surface area contributed by atoms with Crippen LogP contribution in [0.25, 0.3) is 53.6 Å². The molecule has 6 aromatic rings. The van der Waals surface area contributed by atoms with Crippen molar-refractivity contribution < 1.29 is 4.42 Å². The molecule has 0 spiro atoms. The van der Waals surface area contributed by atoms with E-state index in [1.54, 1.807) is 0 Å². The molecule has 1 nitrogen and oxygen atoms in total. The number of hydrogen-bond donors (Lipinski definition) is 0. The van der Waals surface area contributed by atoms with E-state index in [1.165, 1.54) is 169 Å². The molecule has 0 saturated carbocycles. The van der Waals surface area contributed by atoms with E-state index >= 15 is 0 Å². The summed E-state index contributed by atoms with van der Waals surface area (Å²) < 4.78 is 9.10. The molecule has 2 heteroatoms. The smallest absolute Gasteiger partial charge is 0.154 e. The van der Waals surface area contributed by atoms with Gasteiger partial charge in [0.25, 0.3) is 0 Å². The maximum absolute atomic E-state index is 6.55. The Morgan fingerprint density at radius 1 is 0.438 bits per heavy atom. The maximum Gasteiger partial charge on any atom is 0.154 e. The lowest BCUT2D eigenvalue weighted by atomic mass is 10.00. The number of thiophene rings is 1. The van der Waals surface area contributed by atoms with Crippen LogP contribution in [0, 0.1) is 0 Å². The molecule has 0 saturated heterocycles. The molecule has 0 unspecified atom stereocenters. The largest absolute Gasteiger partial charge is 0.454 e. The molecule has 0 atom stereocenters. The minimum Gasteiger partial charge on any atom is -0.454 e. The summed E-state index contributed by atoms with van der Waals surface area (Å²) >= 11 is 1.86. The predicted octanol–water partition coefficient (Wildman–Crippen LogP) is 15.5. The minimum atomic E-state index is 0.981. The summed E-state index contributed by atoms with van der Waals surface area (Å²) in [4.78, 5) is 0. The third-order valence-electron chi connectivity index (χ3n) is 10.3. The summed E-state index contributed by atoms with van der Waals surface area (Å²) in [7, 11) is 0. The first-order chi connectivity index (χ1) is 23.7. The molecule has 0 aliphatic rings. The third-order valence-corrected chi connectivity index (χ3v) is 11.5. The van der Waals surface area contributed by atoms with E-state index in [1.807, 2.05) is 11.3 Å². The van der Waals surface area contributed by atoms with E-state index in [9.17, 15) is 0 Å². The van der Waals surface area contributed by atoms with Crippen molar-refractivity contribution in [2.24, 2.45) is 0 Å². The van der Waals surface area contributed by atoms with Gasteiger partial charge in [0, 0.05) is 15.5 Å². The fourth-order valence-corrected chi connectivity index (χ4v) is 8.47. The van der Waals surface area contributed by atoms with Gasteiger partial charge in [-0.1, -0.05) is 164 Å². The molecule has 0 radical (unpaired) electrons. The number of unbranched alkanes of at least 4 members (excludes halogenated alkanes) is 14. The van der Waals surface area contributed by atoms with Crippen molar-refractivity contribution in [3.05, 3.63) is 96.1 Å². The van der Waals surface area contributed by atoms with Crippen LogP contribution >= 0.6 is 11.3 Å². The van der Waals surface area contributed by atoms with Crippen molar-refractivity contribution in [3.63, 3.8) is 0 Å². The van der Waals surface area contributed by atoms with Crippen LogP contribution in [0.1, 0.15) is 128 Å². The summed E-state index contributed by atoms with van der Waals surface area (Å²) in [5.41, 5.74) is 9.96. The fourth-order valence-electron chi connectivity index (χ4n) is 7.27. The monoisotopic (exact) mass is 656 g/mol. The summed E-state index contributed by atoms with van der Waals surface area (Å²) in [5.74, 6) is 0. The standard InChI is InChI=1S/C46H56OS/c1-3-5-7-9-11-13-15-17-19-35-21-25-37(26-22-35)39-29-31-41-43(33-39)47-45-42-32-30-40(34-44(42)48-46(41)45)38-27-23-36(24-28-38)20-18-16-14-12-10-8-6-4-2/h21-34H,3-20H2,1-2H3. The zero-order chi connectivity index (χ0) is 33.0. The van der Waals surface area contributed by atoms with Gasteiger partial charge >= 0.3 is 0 Å². The number of rotatable bonds is 20. The van der Waals surface area contributed by atoms with Gasteiger partial charge in [0.05, 0.1) is 4.70 Å². The highest BCUT2D eigenvalue weighted by atomic mass is 32.1. The van der Waals surface area contributed by atoms with Gasteiger partial charge in [0.15, 0.2) is 5.58 Å². The van der Waals surface area contributed by atoms with Gasteiger partial charge in [-0.25, -0.2) is 0 Å². The Bertz CT molecular complexity index is 1700. The molecular weight excluding hydrogens is 601 g/mol. The summed E-state index contributed by atoms with van der Waals surface area (Å²) in [5, 5.41) is 2.43. The predicted molar refractivity (Wildman–Crippen MR) is 213 cm³/mol. The van der Waals surface area contributed by atoms with Crippen LogP contribution in [-0.4, -0.2) is 0 Å². The topological polar surface area (TPSA) is 13.1 Å². The lowest BCUT2D eigenvalue weighted by molar-refractivity contribution is 0.575. The highest BCUT2D eigenvalue weighted by molar-refractivity contribution is 7.26. The highest BCUT2D eigenvalue weighted by Gasteiger charge is 2.15. The first-order valence-electron chi connectivity index (χ1n) is 19.3. The average Bonchev–Trinajstić information content (AvgIpc) is 3.66. The Morgan fingerprint density at radius 3 is 1.40 bits per heavy atom. The Kier molecular flexibility index (Phi) is 12.8. The normalized spacial score (nSPS) is 11.8. The quantitative estimate of drug-likeness (QED) is 0.0745. The summed E-state index contributed by atoms with van der Waals surface area (Å²) in [6.07, 6.45) is 24.3. The average molecular weight is 657 g/mol. The molecule has 252 valence electrons. The van der Waals surface area contributed by atoms with Gasteiger partial charge < -0.3 is 4.42 Å². The van der Waals surface area contributed by atoms with Crippen molar-refractivity contribution >= 4 is 42.7 Å². The molecule has 2 aromatic heterocycles. The van der Waals surface area contributed by atoms with E-state index in [4.69, 9.17) is 4.42 Å². The van der Waals surface area contributed by atoms with Crippen molar-refractivity contribution in [2.45, 2.75) is 129 Å². The van der Waals surface area contributed by atoms with Crippen LogP contribution in [0.2, 0.25) is 0 Å². The Morgan fingerprint density at radius 2 is 0.875 bits per heavy atom. The zero-order valence-corrected chi connectivity index (χ0v) is 30.4. The molecule has 6 rings (SSSR count). The van der Waals surface area contributed by atoms with Gasteiger partial charge in [0.1, 0.15) is 5.58 Å². The molecular formula is C46H56OS. The molecule has 0 fully saturated rings. The van der Waals surface area contributed by atoms with E-state index in [2.05, 4.69) is 98.8 Å². The Balaban J connectivity index is 1.05. The SMILES string of the molecule is CCCCCCCCCCc1ccc(-c2ccc3c(c2)oc2c4ccc(-c5ccc(CCCCCCCCCC)cc5)cc4sc32)cc1. The van der Waals surface area contributed by atoms with Crippen LogP contribution in [0.15, 0.2) is 89.3 Å². The number of furan rings is 1. The van der Waals surface area contributed by atoms with E-state index in [0.717, 1.165) is 11.2 Å². The highest BCUT2D eigenvalue weighted by Crippen LogP contribution is 2.43. The van der Waals surface area contributed by atoms with Gasteiger partial charge in [-0.05, 0) is 83.3 Å². The van der Waals surface area contributed by atoms with Gasteiger partial charge in [-0.15, -0.1) is 11.3 Å². The molecule has 4 aromatic carbocycles. The molecule has 0 aliphatic heterocycles.